The number of nitrogens with one attached hydrogen (secondary N) is 1. The summed E-state index contributed by atoms with van der Waals surface area (Å²) in [6.45, 7) is 4.23. The molecule has 6 heteroatoms. The van der Waals surface area contributed by atoms with Gasteiger partial charge in [0.2, 0.25) is 0 Å². The van der Waals surface area contributed by atoms with Gasteiger partial charge in [-0.3, -0.25) is 4.79 Å². The van der Waals surface area contributed by atoms with Gasteiger partial charge in [0.1, 0.15) is 29.8 Å². The van der Waals surface area contributed by atoms with Crippen LogP contribution in [0.25, 0.3) is 6.08 Å². The highest BCUT2D eigenvalue weighted by atomic mass is 16.5. The molecule has 0 radical (unpaired) electrons. The summed E-state index contributed by atoms with van der Waals surface area (Å²) >= 11 is 0. The number of carbonyl (C=O) groups is 1. The largest absolute Gasteiger partial charge is 0.489 e. The van der Waals surface area contributed by atoms with Gasteiger partial charge in [0.05, 0.1) is 0 Å². The van der Waals surface area contributed by atoms with E-state index in [1.165, 1.54) is 11.6 Å². The third kappa shape index (κ3) is 5.08. The summed E-state index contributed by atoms with van der Waals surface area (Å²) in [5.41, 5.74) is 2.97. The molecule has 0 spiro atoms. The number of hydrogen-bond acceptors (Lipinski definition) is 5. The molecule has 2 aromatic carbocycles. The van der Waals surface area contributed by atoms with Crippen LogP contribution < -0.4 is 10.1 Å². The molecular weight excluding hydrogens is 354 g/mol. The SMILES string of the molecule is Cc1ccc(COc2ccc(/C=C(/C#N)C(=O)Nc3cc(C)on3)cc2)cc1. The van der Waals surface area contributed by atoms with E-state index in [1.54, 1.807) is 37.3 Å². The zero-order valence-corrected chi connectivity index (χ0v) is 15.6. The second-order valence-corrected chi connectivity index (χ2v) is 6.29. The molecule has 0 unspecified atom stereocenters. The Bertz CT molecular complexity index is 1030. The molecule has 0 saturated carbocycles. The third-order valence-electron chi connectivity index (χ3n) is 3.95. The van der Waals surface area contributed by atoms with Gasteiger partial charge >= 0.3 is 0 Å². The van der Waals surface area contributed by atoms with E-state index >= 15 is 0 Å². The fraction of sp³-hybridized carbons (Fsp3) is 0.136. The summed E-state index contributed by atoms with van der Waals surface area (Å²) in [4.78, 5) is 12.2. The van der Waals surface area contributed by atoms with Crippen molar-refractivity contribution >= 4 is 17.8 Å². The zero-order chi connectivity index (χ0) is 19.9. The number of rotatable bonds is 6. The Morgan fingerprint density at radius 3 is 2.50 bits per heavy atom. The topological polar surface area (TPSA) is 88.1 Å². The van der Waals surface area contributed by atoms with Crippen LogP contribution in [-0.2, 0) is 11.4 Å². The van der Waals surface area contributed by atoms with E-state index in [0.717, 1.165) is 5.56 Å². The molecule has 0 fully saturated rings. The minimum absolute atomic E-state index is 0.0334. The van der Waals surface area contributed by atoms with Crippen LogP contribution >= 0.6 is 0 Å². The number of carbonyl (C=O) groups excluding carboxylic acids is 1. The maximum absolute atomic E-state index is 12.2. The van der Waals surface area contributed by atoms with Gasteiger partial charge in [-0.25, -0.2) is 0 Å². The van der Waals surface area contributed by atoms with Gasteiger partial charge < -0.3 is 14.6 Å². The molecule has 1 aromatic heterocycles. The van der Waals surface area contributed by atoms with Crippen molar-refractivity contribution in [3.63, 3.8) is 0 Å². The van der Waals surface area contributed by atoms with Crippen molar-refractivity contribution in [2.24, 2.45) is 0 Å². The van der Waals surface area contributed by atoms with Gasteiger partial charge in [0.15, 0.2) is 5.82 Å². The zero-order valence-electron chi connectivity index (χ0n) is 15.6. The van der Waals surface area contributed by atoms with Gasteiger partial charge in [-0.1, -0.05) is 47.1 Å². The summed E-state index contributed by atoms with van der Waals surface area (Å²) in [5.74, 6) is 0.997. The first-order valence-electron chi connectivity index (χ1n) is 8.68. The Kier molecular flexibility index (Phi) is 5.87. The summed E-state index contributed by atoms with van der Waals surface area (Å²) < 4.78 is 10.7. The number of amides is 1. The van der Waals surface area contributed by atoms with Crippen molar-refractivity contribution in [1.82, 2.24) is 5.16 Å². The van der Waals surface area contributed by atoms with Crippen molar-refractivity contribution in [3.8, 4) is 11.8 Å². The van der Waals surface area contributed by atoms with Gasteiger partial charge in [0.25, 0.3) is 5.91 Å². The molecule has 1 N–H and O–H groups in total. The second kappa shape index (κ2) is 8.69. The van der Waals surface area contributed by atoms with E-state index in [2.05, 4.69) is 10.5 Å². The normalized spacial score (nSPS) is 11.0. The molecule has 28 heavy (non-hydrogen) atoms. The van der Waals surface area contributed by atoms with Gasteiger partial charge in [-0.2, -0.15) is 5.26 Å². The van der Waals surface area contributed by atoms with E-state index in [4.69, 9.17) is 9.26 Å². The highest BCUT2D eigenvalue weighted by Gasteiger charge is 2.11. The van der Waals surface area contributed by atoms with Crippen LogP contribution in [0, 0.1) is 25.2 Å². The number of hydrogen-bond donors (Lipinski definition) is 1. The Morgan fingerprint density at radius 2 is 1.89 bits per heavy atom. The molecule has 1 heterocycles. The number of ether oxygens (including phenoxy) is 1. The number of anilines is 1. The van der Waals surface area contributed by atoms with Crippen molar-refractivity contribution in [1.29, 1.82) is 5.26 Å². The number of aromatic nitrogens is 1. The lowest BCUT2D eigenvalue weighted by molar-refractivity contribution is -0.112. The molecule has 0 aliphatic heterocycles. The fourth-order valence-corrected chi connectivity index (χ4v) is 2.44. The molecule has 0 saturated heterocycles. The second-order valence-electron chi connectivity index (χ2n) is 6.29. The maximum Gasteiger partial charge on any atom is 0.267 e. The molecule has 3 aromatic rings. The van der Waals surface area contributed by atoms with Crippen LogP contribution in [-0.4, -0.2) is 11.1 Å². The van der Waals surface area contributed by atoms with Gasteiger partial charge in [-0.05, 0) is 43.2 Å². The van der Waals surface area contributed by atoms with E-state index in [1.807, 2.05) is 37.3 Å². The van der Waals surface area contributed by atoms with Crippen molar-refractivity contribution in [3.05, 3.63) is 82.6 Å². The van der Waals surface area contributed by atoms with Crippen molar-refractivity contribution < 1.29 is 14.1 Å². The van der Waals surface area contributed by atoms with Crippen LogP contribution in [0.15, 0.2) is 64.7 Å². The first-order chi connectivity index (χ1) is 13.5. The lowest BCUT2D eigenvalue weighted by Gasteiger charge is -2.07. The first kappa shape index (κ1) is 18.9. The van der Waals surface area contributed by atoms with E-state index in [-0.39, 0.29) is 11.4 Å². The maximum atomic E-state index is 12.2. The lowest BCUT2D eigenvalue weighted by Crippen LogP contribution is -2.13. The molecular formula is C22H19N3O3. The Hall–Kier alpha value is -3.85. The summed E-state index contributed by atoms with van der Waals surface area (Å²) in [7, 11) is 0. The Morgan fingerprint density at radius 1 is 1.18 bits per heavy atom. The third-order valence-corrected chi connectivity index (χ3v) is 3.95. The number of nitrogens with zero attached hydrogens (tertiary/aromatic N) is 2. The monoisotopic (exact) mass is 373 g/mol. The van der Waals surface area contributed by atoms with Crippen molar-refractivity contribution in [2.75, 3.05) is 5.32 Å². The average molecular weight is 373 g/mol. The number of benzene rings is 2. The molecule has 0 aliphatic rings. The predicted molar refractivity (Wildman–Crippen MR) is 105 cm³/mol. The number of nitriles is 1. The molecule has 0 aliphatic carbocycles. The molecule has 140 valence electrons. The Labute approximate surface area is 163 Å². The lowest BCUT2D eigenvalue weighted by atomic mass is 10.1. The van der Waals surface area contributed by atoms with Crippen LogP contribution in [0.3, 0.4) is 0 Å². The minimum atomic E-state index is -0.546. The molecule has 0 bridgehead atoms. The standard InChI is InChI=1S/C22H19N3O3/c1-15-3-5-18(6-4-15)14-27-20-9-7-17(8-10-20)12-19(13-23)22(26)24-21-11-16(2)28-25-21/h3-12H,14H2,1-2H3,(H,24,25,26)/b19-12-. The summed E-state index contributed by atoms with van der Waals surface area (Å²) in [6.07, 6.45) is 1.51. The van der Waals surface area contributed by atoms with Gasteiger partial charge in [0, 0.05) is 6.07 Å². The summed E-state index contributed by atoms with van der Waals surface area (Å²) in [5, 5.41) is 15.5. The molecule has 3 rings (SSSR count). The van der Waals surface area contributed by atoms with Crippen LogP contribution in [0.4, 0.5) is 5.82 Å². The van der Waals surface area contributed by atoms with E-state index in [9.17, 15) is 10.1 Å². The quantitative estimate of drug-likeness (QED) is 0.510. The highest BCUT2D eigenvalue weighted by molar-refractivity contribution is 6.09. The first-order valence-corrected chi connectivity index (χ1v) is 8.68. The minimum Gasteiger partial charge on any atom is -0.489 e. The van der Waals surface area contributed by atoms with Crippen LogP contribution in [0.5, 0.6) is 5.75 Å². The Balaban J connectivity index is 1.63. The molecule has 0 atom stereocenters. The van der Waals surface area contributed by atoms with Crippen molar-refractivity contribution in [2.45, 2.75) is 20.5 Å². The summed E-state index contributed by atoms with van der Waals surface area (Å²) in [6, 6.07) is 18.8. The smallest absolute Gasteiger partial charge is 0.267 e. The average Bonchev–Trinajstić information content (AvgIpc) is 3.11. The van der Waals surface area contributed by atoms with Crippen LogP contribution in [0.1, 0.15) is 22.5 Å². The predicted octanol–water partition coefficient (Wildman–Crippen LogP) is 4.42. The van der Waals surface area contributed by atoms with Gasteiger partial charge in [-0.15, -0.1) is 0 Å². The fourth-order valence-electron chi connectivity index (χ4n) is 2.44. The highest BCUT2D eigenvalue weighted by Crippen LogP contribution is 2.17. The van der Waals surface area contributed by atoms with Crippen LogP contribution in [0.2, 0.25) is 0 Å². The van der Waals surface area contributed by atoms with E-state index in [0.29, 0.717) is 23.7 Å². The number of aryl methyl sites for hydroxylation is 2. The molecule has 1 amide bonds. The van der Waals surface area contributed by atoms with E-state index < -0.39 is 5.91 Å². The molecule has 6 nitrogen and oxygen atoms in total.